The number of hydrogen-bond donors (Lipinski definition) is 0. The first-order valence-corrected chi connectivity index (χ1v) is 3.93. The van der Waals surface area contributed by atoms with Crippen LogP contribution in [0.3, 0.4) is 0 Å². The van der Waals surface area contributed by atoms with E-state index in [4.69, 9.17) is 0 Å². The molecule has 3 heteroatoms. The number of hydrogen-bond acceptors (Lipinski definition) is 2. The average Bonchev–Trinajstić information content (AvgIpc) is 1.89. The minimum atomic E-state index is -0.893. The Morgan fingerprint density at radius 2 is 2.00 bits per heavy atom. The fraction of sp³-hybridized carbons (Fsp3) is 0.875. The SMILES string of the molecule is CCCCC(CC)C(=O)[O-].[Ir+3]. The second-order valence-electron chi connectivity index (χ2n) is 2.57. The van der Waals surface area contributed by atoms with Crippen LogP contribution in [-0.2, 0) is 24.9 Å². The number of aliphatic carboxylic acids is 1. The summed E-state index contributed by atoms with van der Waals surface area (Å²) in [6, 6.07) is 0. The molecule has 0 spiro atoms. The molecule has 66 valence electrons. The molecule has 0 aromatic carbocycles. The van der Waals surface area contributed by atoms with Crippen LogP contribution in [0.15, 0.2) is 0 Å². The molecule has 0 rings (SSSR count). The van der Waals surface area contributed by atoms with E-state index < -0.39 is 5.97 Å². The Labute approximate surface area is 81.7 Å². The van der Waals surface area contributed by atoms with Crippen molar-refractivity contribution in [1.82, 2.24) is 0 Å². The zero-order valence-corrected chi connectivity index (χ0v) is 9.45. The summed E-state index contributed by atoms with van der Waals surface area (Å²) in [6.07, 6.45) is 3.52. The maximum Gasteiger partial charge on any atom is 3.00 e. The van der Waals surface area contributed by atoms with E-state index in [0.29, 0.717) is 6.42 Å². The van der Waals surface area contributed by atoms with Crippen molar-refractivity contribution in [2.24, 2.45) is 5.92 Å². The van der Waals surface area contributed by atoms with Gasteiger partial charge < -0.3 is 9.90 Å². The minimum Gasteiger partial charge on any atom is -0.550 e. The zero-order chi connectivity index (χ0) is 7.98. The van der Waals surface area contributed by atoms with Crippen molar-refractivity contribution >= 4 is 5.97 Å². The monoisotopic (exact) mass is 336 g/mol. The second kappa shape index (κ2) is 8.22. The topological polar surface area (TPSA) is 40.1 Å². The van der Waals surface area contributed by atoms with E-state index in [2.05, 4.69) is 6.92 Å². The van der Waals surface area contributed by atoms with Crippen LogP contribution in [0.2, 0.25) is 0 Å². The van der Waals surface area contributed by atoms with Gasteiger partial charge in [0.25, 0.3) is 0 Å². The van der Waals surface area contributed by atoms with Gasteiger partial charge in [-0.15, -0.1) is 0 Å². The summed E-state index contributed by atoms with van der Waals surface area (Å²) in [4.78, 5) is 10.3. The van der Waals surface area contributed by atoms with E-state index in [1.807, 2.05) is 6.92 Å². The maximum absolute atomic E-state index is 10.3. The second-order valence-corrected chi connectivity index (χ2v) is 2.57. The number of carboxylic acid groups (broad SMARTS) is 1. The van der Waals surface area contributed by atoms with Gasteiger partial charge in [-0.05, 0) is 18.8 Å². The Balaban J connectivity index is 0. The van der Waals surface area contributed by atoms with Crippen LogP contribution >= 0.6 is 0 Å². The van der Waals surface area contributed by atoms with Crippen molar-refractivity contribution in [3.63, 3.8) is 0 Å². The molecule has 11 heavy (non-hydrogen) atoms. The fourth-order valence-corrected chi connectivity index (χ4v) is 0.939. The van der Waals surface area contributed by atoms with Gasteiger partial charge in [0.15, 0.2) is 0 Å². The molecule has 0 fully saturated rings. The molecule has 0 aliphatic carbocycles. The van der Waals surface area contributed by atoms with Crippen LogP contribution in [0.1, 0.15) is 39.5 Å². The van der Waals surface area contributed by atoms with Gasteiger partial charge in [0.2, 0.25) is 0 Å². The van der Waals surface area contributed by atoms with Gasteiger partial charge in [0, 0.05) is 5.97 Å². The van der Waals surface area contributed by atoms with Crippen LogP contribution in [0.5, 0.6) is 0 Å². The minimum absolute atomic E-state index is 0. The van der Waals surface area contributed by atoms with E-state index in [0.717, 1.165) is 19.3 Å². The van der Waals surface area contributed by atoms with Crippen LogP contribution in [0.25, 0.3) is 0 Å². The average molecular weight is 335 g/mol. The summed E-state index contributed by atoms with van der Waals surface area (Å²) < 4.78 is 0. The van der Waals surface area contributed by atoms with Crippen molar-refractivity contribution in [2.75, 3.05) is 0 Å². The van der Waals surface area contributed by atoms with Gasteiger partial charge in [-0.25, -0.2) is 0 Å². The van der Waals surface area contributed by atoms with E-state index in [9.17, 15) is 9.90 Å². The van der Waals surface area contributed by atoms with Crippen LogP contribution < -0.4 is 5.11 Å². The number of unbranched alkanes of at least 4 members (excludes halogenated alkanes) is 1. The van der Waals surface area contributed by atoms with Gasteiger partial charge in [-0.3, -0.25) is 0 Å². The molecule has 0 radical (unpaired) electrons. The molecule has 0 saturated carbocycles. The van der Waals surface area contributed by atoms with Gasteiger partial charge >= 0.3 is 20.1 Å². The number of carbonyl (C=O) groups is 1. The maximum atomic E-state index is 10.3. The molecule has 0 saturated heterocycles. The first-order valence-electron chi connectivity index (χ1n) is 3.93. The van der Waals surface area contributed by atoms with Gasteiger partial charge in [-0.1, -0.05) is 26.7 Å². The largest absolute Gasteiger partial charge is 3.00 e. The first kappa shape index (κ1) is 13.7. The molecular formula is C8H15IrO2+2. The third-order valence-corrected chi connectivity index (χ3v) is 1.73. The molecule has 1 atom stereocenters. The van der Waals surface area contributed by atoms with Crippen LogP contribution in [0, 0.1) is 5.92 Å². The Morgan fingerprint density at radius 1 is 1.45 bits per heavy atom. The molecular weight excluding hydrogens is 320 g/mol. The molecule has 1 unspecified atom stereocenters. The first-order chi connectivity index (χ1) is 4.72. The molecule has 0 aliphatic heterocycles. The quantitative estimate of drug-likeness (QED) is 0.751. The molecule has 0 bridgehead atoms. The number of rotatable bonds is 5. The molecule has 0 aromatic rings. The molecule has 0 aliphatic rings. The van der Waals surface area contributed by atoms with E-state index in [-0.39, 0.29) is 26.0 Å². The summed E-state index contributed by atoms with van der Waals surface area (Å²) in [5.41, 5.74) is 0. The van der Waals surface area contributed by atoms with Crippen molar-refractivity contribution in [2.45, 2.75) is 39.5 Å². The molecule has 0 heterocycles. The van der Waals surface area contributed by atoms with Gasteiger partial charge in [0.05, 0.1) is 0 Å². The van der Waals surface area contributed by atoms with E-state index in [1.165, 1.54) is 0 Å². The zero-order valence-electron chi connectivity index (χ0n) is 7.06. The van der Waals surface area contributed by atoms with E-state index >= 15 is 0 Å². The standard InChI is InChI=1S/C8H16O2.Ir/c1-3-5-6-7(4-2)8(9)10;/h7H,3-6H2,1-2H3,(H,9,10);/q;+3/p-1. The Hall–Kier alpha value is 0.119. The normalized spacial score (nSPS) is 11.8. The molecule has 0 aromatic heterocycles. The summed E-state index contributed by atoms with van der Waals surface area (Å²) in [5.74, 6) is -1.11. The predicted molar refractivity (Wildman–Crippen MR) is 38.3 cm³/mol. The summed E-state index contributed by atoms with van der Waals surface area (Å²) in [6.45, 7) is 3.94. The Bertz CT molecular complexity index is 104. The van der Waals surface area contributed by atoms with E-state index in [1.54, 1.807) is 0 Å². The number of carboxylic acids is 1. The van der Waals surface area contributed by atoms with Crippen molar-refractivity contribution in [3.05, 3.63) is 0 Å². The smallest absolute Gasteiger partial charge is 0.550 e. The summed E-state index contributed by atoms with van der Waals surface area (Å²) in [5, 5.41) is 10.3. The number of carbonyl (C=O) groups excluding carboxylic acids is 1. The van der Waals surface area contributed by atoms with Crippen molar-refractivity contribution in [3.8, 4) is 0 Å². The van der Waals surface area contributed by atoms with Crippen molar-refractivity contribution in [1.29, 1.82) is 0 Å². The Morgan fingerprint density at radius 3 is 2.27 bits per heavy atom. The van der Waals surface area contributed by atoms with Gasteiger partial charge in [-0.2, -0.15) is 0 Å². The Kier molecular flexibility index (Phi) is 10.2. The molecule has 2 nitrogen and oxygen atoms in total. The van der Waals surface area contributed by atoms with Crippen LogP contribution in [-0.4, -0.2) is 5.97 Å². The third-order valence-electron chi connectivity index (χ3n) is 1.73. The predicted octanol–water partition coefficient (Wildman–Crippen LogP) is 0.950. The molecule has 0 N–H and O–H groups in total. The van der Waals surface area contributed by atoms with Gasteiger partial charge in [0.1, 0.15) is 0 Å². The molecule has 0 amide bonds. The van der Waals surface area contributed by atoms with Crippen molar-refractivity contribution < 1.29 is 30.0 Å². The summed E-state index contributed by atoms with van der Waals surface area (Å²) >= 11 is 0. The fourth-order valence-electron chi connectivity index (χ4n) is 0.939. The third kappa shape index (κ3) is 6.51. The van der Waals surface area contributed by atoms with Crippen LogP contribution in [0.4, 0.5) is 0 Å². The summed E-state index contributed by atoms with van der Waals surface area (Å²) in [7, 11) is 0.